The maximum Gasteiger partial charge on any atom is 0.404 e. The summed E-state index contributed by atoms with van der Waals surface area (Å²) in [5, 5.41) is 4.48. The second-order valence-electron chi connectivity index (χ2n) is 15.1. The van der Waals surface area contributed by atoms with Crippen molar-refractivity contribution in [3.63, 3.8) is 0 Å². The van der Waals surface area contributed by atoms with Gasteiger partial charge >= 0.3 is 12.3 Å². The third kappa shape index (κ3) is 8.38. The number of nitrogens with two attached hydrogens (primary N) is 1. The second kappa shape index (κ2) is 14.0. The van der Waals surface area contributed by atoms with Gasteiger partial charge in [0.2, 0.25) is 0 Å². The number of hydrogen-bond donors (Lipinski definition) is 1. The monoisotopic (exact) mass is 738 g/mol. The van der Waals surface area contributed by atoms with Crippen LogP contribution in [0.2, 0.25) is 23.2 Å². The number of anilines is 1. The van der Waals surface area contributed by atoms with Crippen molar-refractivity contribution in [1.29, 1.82) is 0 Å². The molecule has 2 aliphatic rings. The number of alkyl halides is 3. The maximum absolute atomic E-state index is 13.0. The molecule has 16 heteroatoms. The van der Waals surface area contributed by atoms with Crippen molar-refractivity contribution < 1.29 is 36.4 Å². The summed E-state index contributed by atoms with van der Waals surface area (Å²) in [6.45, 7) is 17.6. The minimum atomic E-state index is -4.22. The lowest BCUT2D eigenvalue weighted by molar-refractivity contribution is -0.172. The molecule has 3 aromatic rings. The molecular formula is C34H46ClF3N6O5Si. The smallest absolute Gasteiger partial charge is 0.404 e. The van der Waals surface area contributed by atoms with E-state index in [0.29, 0.717) is 77.7 Å². The summed E-state index contributed by atoms with van der Waals surface area (Å²) in [5.74, 6) is 2.13. The summed E-state index contributed by atoms with van der Waals surface area (Å²) in [7, 11) is -2.21. The molecule has 50 heavy (non-hydrogen) atoms. The number of rotatable bonds is 12. The number of hydrogen-bond acceptors (Lipinski definition) is 10. The van der Waals surface area contributed by atoms with Crippen LogP contribution in [0.4, 0.5) is 23.8 Å². The number of carbonyl (C=O) groups excluding carboxylic acids is 1. The van der Waals surface area contributed by atoms with E-state index in [2.05, 4.69) is 43.9 Å². The average Bonchev–Trinajstić information content (AvgIpc) is 3.29. The third-order valence-corrected chi connectivity index (χ3v) is 14.7. The zero-order valence-electron chi connectivity index (χ0n) is 29.8. The number of primary amides is 1. The Morgan fingerprint density at radius 1 is 1.12 bits per heavy atom. The predicted octanol–water partition coefficient (Wildman–Crippen LogP) is 7.32. The Morgan fingerprint density at radius 3 is 2.38 bits per heavy atom. The first kappa shape index (κ1) is 37.8. The number of halogens is 4. The van der Waals surface area contributed by atoms with Crippen molar-refractivity contribution >= 4 is 31.8 Å². The SMILES string of the molecule is Cc1noc(C)c1-c1nc(-c2cc(OC[C@@H](CCOC(N)=O)O[Si](C)(C)C(C)(C)C)ccc2Cl)nc(N2CC3(CN(CC(F)(F)F)C3)C2)c1C. The van der Waals surface area contributed by atoms with Gasteiger partial charge in [-0.1, -0.05) is 37.5 Å². The van der Waals surface area contributed by atoms with E-state index in [1.165, 1.54) is 4.90 Å². The molecule has 5 rings (SSSR count). The molecule has 2 fully saturated rings. The van der Waals surface area contributed by atoms with E-state index in [1.807, 2.05) is 20.8 Å². The van der Waals surface area contributed by atoms with Crippen LogP contribution < -0.4 is 15.4 Å². The fourth-order valence-electron chi connectivity index (χ4n) is 6.39. The first-order chi connectivity index (χ1) is 23.2. The zero-order valence-corrected chi connectivity index (χ0v) is 31.6. The van der Waals surface area contributed by atoms with E-state index in [0.717, 1.165) is 11.1 Å². The van der Waals surface area contributed by atoms with Gasteiger partial charge in [0.1, 0.15) is 23.9 Å². The highest BCUT2D eigenvalue weighted by Gasteiger charge is 2.54. The van der Waals surface area contributed by atoms with Gasteiger partial charge in [0, 0.05) is 49.1 Å². The highest BCUT2D eigenvalue weighted by Crippen LogP contribution is 2.45. The van der Waals surface area contributed by atoms with Crippen LogP contribution >= 0.6 is 11.6 Å². The van der Waals surface area contributed by atoms with Crippen molar-refractivity contribution in [2.24, 2.45) is 11.1 Å². The Morgan fingerprint density at radius 2 is 1.80 bits per heavy atom. The molecule has 1 amide bonds. The first-order valence-corrected chi connectivity index (χ1v) is 19.8. The normalized spacial score (nSPS) is 17.0. The minimum Gasteiger partial charge on any atom is -0.491 e. The van der Waals surface area contributed by atoms with Gasteiger partial charge in [-0.05, 0) is 57.1 Å². The Hall–Kier alpha value is -3.40. The number of benzene rings is 1. The summed E-state index contributed by atoms with van der Waals surface area (Å²) in [6, 6.07) is 5.24. The van der Waals surface area contributed by atoms with E-state index < -0.39 is 27.1 Å². The van der Waals surface area contributed by atoms with Gasteiger partial charge in [-0.25, -0.2) is 14.8 Å². The molecule has 4 heterocycles. The fraction of sp³-hybridized carbons (Fsp3) is 0.588. The number of nitrogens with zero attached hydrogens (tertiary/aromatic N) is 5. The number of ether oxygens (including phenoxy) is 2. The molecule has 11 nitrogen and oxygen atoms in total. The van der Waals surface area contributed by atoms with Gasteiger partial charge in [0.25, 0.3) is 0 Å². The quantitative estimate of drug-likeness (QED) is 0.189. The van der Waals surface area contributed by atoms with Crippen LogP contribution in [0.25, 0.3) is 22.6 Å². The third-order valence-electron chi connectivity index (χ3n) is 9.83. The molecule has 274 valence electrons. The number of carbonyl (C=O) groups is 1. The maximum atomic E-state index is 13.0. The molecule has 2 aliphatic heterocycles. The van der Waals surface area contributed by atoms with Crippen molar-refractivity contribution in [2.45, 2.75) is 78.4 Å². The van der Waals surface area contributed by atoms with Crippen LogP contribution in [0.5, 0.6) is 5.75 Å². The Kier molecular flexibility index (Phi) is 10.6. The van der Waals surface area contributed by atoms with Crippen LogP contribution in [0, 0.1) is 26.2 Å². The van der Waals surface area contributed by atoms with Crippen molar-refractivity contribution in [2.75, 3.05) is 50.8 Å². The molecule has 1 spiro atoms. The summed E-state index contributed by atoms with van der Waals surface area (Å²) < 4.78 is 62.2. The lowest BCUT2D eigenvalue weighted by Gasteiger charge is -2.61. The molecule has 2 saturated heterocycles. The molecule has 2 N–H and O–H groups in total. The number of aryl methyl sites for hydroxylation is 2. The highest BCUT2D eigenvalue weighted by atomic mass is 35.5. The predicted molar refractivity (Wildman–Crippen MR) is 187 cm³/mol. The summed E-state index contributed by atoms with van der Waals surface area (Å²) in [6.07, 6.45) is -5.05. The van der Waals surface area contributed by atoms with E-state index in [1.54, 1.807) is 18.2 Å². The number of amides is 1. The minimum absolute atomic E-state index is 0.0557. The summed E-state index contributed by atoms with van der Waals surface area (Å²) >= 11 is 6.78. The zero-order chi connectivity index (χ0) is 36.8. The Bertz CT molecular complexity index is 1700. The van der Waals surface area contributed by atoms with Gasteiger partial charge in [0.15, 0.2) is 14.1 Å². The van der Waals surface area contributed by atoms with Crippen molar-refractivity contribution in [3.05, 3.63) is 40.2 Å². The molecule has 1 atom stereocenters. The van der Waals surface area contributed by atoms with Gasteiger partial charge in [-0.3, -0.25) is 4.90 Å². The van der Waals surface area contributed by atoms with E-state index in [4.69, 9.17) is 45.7 Å². The first-order valence-electron chi connectivity index (χ1n) is 16.6. The van der Waals surface area contributed by atoms with E-state index >= 15 is 0 Å². The molecule has 2 aromatic heterocycles. The Balaban J connectivity index is 1.42. The van der Waals surface area contributed by atoms with Crippen LogP contribution in [-0.4, -0.2) is 92.7 Å². The fourth-order valence-corrected chi connectivity index (χ4v) is 7.97. The molecule has 0 unspecified atom stereocenters. The average molecular weight is 739 g/mol. The molecule has 0 saturated carbocycles. The van der Waals surface area contributed by atoms with Crippen LogP contribution in [-0.2, 0) is 9.16 Å². The number of aromatic nitrogens is 3. The molecule has 0 aliphatic carbocycles. The highest BCUT2D eigenvalue weighted by molar-refractivity contribution is 6.74. The van der Waals surface area contributed by atoms with Gasteiger partial charge in [-0.2, -0.15) is 13.2 Å². The Labute approximate surface area is 296 Å². The van der Waals surface area contributed by atoms with Gasteiger partial charge in [0.05, 0.1) is 41.2 Å². The van der Waals surface area contributed by atoms with Crippen LogP contribution in [0.15, 0.2) is 22.7 Å². The molecular weight excluding hydrogens is 693 g/mol. The van der Waals surface area contributed by atoms with Gasteiger partial charge in [-0.15, -0.1) is 0 Å². The van der Waals surface area contributed by atoms with Crippen molar-refractivity contribution in [1.82, 2.24) is 20.0 Å². The van der Waals surface area contributed by atoms with E-state index in [9.17, 15) is 18.0 Å². The molecule has 0 bridgehead atoms. The van der Waals surface area contributed by atoms with Crippen LogP contribution in [0.3, 0.4) is 0 Å². The standard InChI is InChI=1S/C34H46ClF3N6O5Si/c1-20-28(27-21(2)42-48-22(27)3)40-29(41-30(20)44-17-33(18-44)15-43(16-33)19-34(36,37)38)25-13-23(9-10-26(25)35)47-14-24(11-12-46-31(39)45)49-50(7,8)32(4,5)6/h9-10,13,24H,11-12,14-19H2,1-8H3,(H2,39,45)/t24-/m1/s1. The summed E-state index contributed by atoms with van der Waals surface area (Å²) in [5.41, 5.74) is 8.36. The van der Waals surface area contributed by atoms with Crippen LogP contribution in [0.1, 0.15) is 44.2 Å². The lowest BCUT2D eigenvalue weighted by Crippen LogP contribution is -2.73. The van der Waals surface area contributed by atoms with Crippen molar-refractivity contribution in [3.8, 4) is 28.4 Å². The number of likely N-dealkylation sites (tertiary alicyclic amines) is 1. The van der Waals surface area contributed by atoms with Gasteiger partial charge < -0.3 is 29.1 Å². The van der Waals surface area contributed by atoms with E-state index in [-0.39, 0.29) is 29.8 Å². The second-order valence-corrected chi connectivity index (χ2v) is 20.2. The molecule has 1 aromatic carbocycles. The lowest BCUT2D eigenvalue weighted by atomic mass is 9.72. The topological polar surface area (TPSA) is 129 Å². The largest absolute Gasteiger partial charge is 0.491 e. The summed E-state index contributed by atoms with van der Waals surface area (Å²) in [4.78, 5) is 24.7. The molecule has 0 radical (unpaired) electrons.